The minimum atomic E-state index is -0.213. The average Bonchev–Trinajstić information content (AvgIpc) is 3.14. The van der Waals surface area contributed by atoms with Crippen molar-refractivity contribution in [3.05, 3.63) is 149 Å². The van der Waals surface area contributed by atoms with Gasteiger partial charge in [0.25, 0.3) is 11.8 Å². The summed E-state index contributed by atoms with van der Waals surface area (Å²) in [5.41, 5.74) is 7.95. The molecule has 5 heteroatoms. The molecule has 0 saturated carbocycles. The van der Waals surface area contributed by atoms with Gasteiger partial charge in [-0.1, -0.05) is 60.7 Å². The third kappa shape index (κ3) is 4.58. The van der Waals surface area contributed by atoms with Crippen LogP contribution in [0, 0.1) is 0 Å². The molecule has 5 aromatic rings. The second kappa shape index (κ2) is 10.1. The summed E-state index contributed by atoms with van der Waals surface area (Å²) in [6.07, 6.45) is 4.21. The molecular formula is C33H25N3O2. The molecular weight excluding hydrogens is 470 g/mol. The molecule has 0 radical (unpaired) electrons. The minimum absolute atomic E-state index is 0.0740. The van der Waals surface area contributed by atoms with Crippen LogP contribution < -0.4 is 10.2 Å². The topological polar surface area (TPSA) is 62.3 Å². The molecule has 6 rings (SSSR count). The summed E-state index contributed by atoms with van der Waals surface area (Å²) in [4.78, 5) is 32.8. The molecule has 4 aromatic carbocycles. The van der Waals surface area contributed by atoms with Crippen molar-refractivity contribution in [2.45, 2.75) is 13.0 Å². The molecule has 1 aromatic heterocycles. The Kier molecular flexibility index (Phi) is 6.24. The summed E-state index contributed by atoms with van der Waals surface area (Å²) in [6.45, 7) is 0.510. The Morgan fingerprint density at radius 1 is 0.684 bits per heavy atom. The predicted molar refractivity (Wildman–Crippen MR) is 150 cm³/mol. The lowest BCUT2D eigenvalue weighted by atomic mass is 10.00. The van der Waals surface area contributed by atoms with Crippen LogP contribution in [0.25, 0.3) is 11.1 Å². The number of carbonyl (C=O) groups excluding carboxylic acids is 2. The summed E-state index contributed by atoms with van der Waals surface area (Å²) in [5, 5.41) is 2.97. The molecule has 1 aliphatic rings. The number of hydrogen-bond donors (Lipinski definition) is 1. The number of aromatic nitrogens is 1. The molecule has 0 fully saturated rings. The van der Waals surface area contributed by atoms with Crippen LogP contribution in [0.2, 0.25) is 0 Å². The van der Waals surface area contributed by atoms with E-state index in [9.17, 15) is 9.59 Å². The number of fused-ring (bicyclic) bond motifs is 2. The predicted octanol–water partition coefficient (Wildman–Crippen LogP) is 6.75. The van der Waals surface area contributed by atoms with Crippen molar-refractivity contribution >= 4 is 23.2 Å². The van der Waals surface area contributed by atoms with Crippen LogP contribution in [0.3, 0.4) is 0 Å². The van der Waals surface area contributed by atoms with E-state index in [4.69, 9.17) is 0 Å². The minimum Gasteiger partial charge on any atom is -0.322 e. The van der Waals surface area contributed by atoms with Crippen LogP contribution in [-0.2, 0) is 13.0 Å². The van der Waals surface area contributed by atoms with Gasteiger partial charge in [0, 0.05) is 34.9 Å². The Balaban J connectivity index is 1.24. The standard InChI is InChI=1S/C33H25N3O2/c37-32(30-11-5-4-10-29(30)23-17-19-34-20-18-23)35-28-15-13-24(14-16-28)33(38)36-22-27-9-2-1-7-25(27)21-26-8-3-6-12-31(26)36/h1-20H,21-22H2,(H,35,37). The molecule has 38 heavy (non-hydrogen) atoms. The number of nitrogens with zero attached hydrogens (tertiary/aromatic N) is 2. The lowest BCUT2D eigenvalue weighted by Gasteiger charge is -2.23. The maximum Gasteiger partial charge on any atom is 0.258 e. The van der Waals surface area contributed by atoms with E-state index in [1.807, 2.05) is 65.6 Å². The molecule has 2 heterocycles. The average molecular weight is 496 g/mol. The number of nitrogens with one attached hydrogen (secondary N) is 1. The second-order valence-corrected chi connectivity index (χ2v) is 9.28. The number of pyridine rings is 1. The van der Waals surface area contributed by atoms with E-state index in [2.05, 4.69) is 28.5 Å². The van der Waals surface area contributed by atoms with Crippen LogP contribution in [0.4, 0.5) is 11.4 Å². The molecule has 0 atom stereocenters. The third-order valence-corrected chi connectivity index (χ3v) is 6.91. The van der Waals surface area contributed by atoms with E-state index < -0.39 is 0 Å². The van der Waals surface area contributed by atoms with Crippen molar-refractivity contribution in [3.8, 4) is 11.1 Å². The molecule has 2 amide bonds. The van der Waals surface area contributed by atoms with E-state index in [1.165, 1.54) is 5.56 Å². The molecule has 1 aliphatic heterocycles. The van der Waals surface area contributed by atoms with E-state index >= 15 is 0 Å². The molecule has 0 aliphatic carbocycles. The molecule has 5 nitrogen and oxygen atoms in total. The Bertz CT molecular complexity index is 1630. The molecule has 0 spiro atoms. The first-order chi connectivity index (χ1) is 18.7. The van der Waals surface area contributed by atoms with Crippen LogP contribution >= 0.6 is 0 Å². The van der Waals surface area contributed by atoms with Crippen molar-refractivity contribution in [1.82, 2.24) is 4.98 Å². The summed E-state index contributed by atoms with van der Waals surface area (Å²) in [7, 11) is 0. The summed E-state index contributed by atoms with van der Waals surface area (Å²) < 4.78 is 0. The van der Waals surface area contributed by atoms with Gasteiger partial charge in [-0.15, -0.1) is 0 Å². The monoisotopic (exact) mass is 495 g/mol. The summed E-state index contributed by atoms with van der Waals surface area (Å²) in [5.74, 6) is -0.287. The first-order valence-electron chi connectivity index (χ1n) is 12.5. The number of hydrogen-bond acceptors (Lipinski definition) is 3. The van der Waals surface area contributed by atoms with Crippen LogP contribution in [-0.4, -0.2) is 16.8 Å². The lowest BCUT2D eigenvalue weighted by molar-refractivity contribution is 0.0984. The fourth-order valence-corrected chi connectivity index (χ4v) is 4.96. The highest BCUT2D eigenvalue weighted by atomic mass is 16.2. The first kappa shape index (κ1) is 23.4. The molecule has 1 N–H and O–H groups in total. The zero-order chi connectivity index (χ0) is 25.9. The quantitative estimate of drug-likeness (QED) is 0.300. The fourth-order valence-electron chi connectivity index (χ4n) is 4.96. The van der Waals surface area contributed by atoms with Gasteiger partial charge in [0.05, 0.1) is 6.54 Å². The number of carbonyl (C=O) groups is 2. The number of rotatable bonds is 4. The second-order valence-electron chi connectivity index (χ2n) is 9.28. The SMILES string of the molecule is O=C(Nc1ccc(C(=O)N2Cc3ccccc3Cc3ccccc32)cc1)c1ccccc1-c1ccncc1. The Labute approximate surface area is 221 Å². The van der Waals surface area contributed by atoms with Gasteiger partial charge in [0.2, 0.25) is 0 Å². The highest BCUT2D eigenvalue weighted by Crippen LogP contribution is 2.32. The van der Waals surface area contributed by atoms with Gasteiger partial charge in [-0.2, -0.15) is 0 Å². The van der Waals surface area contributed by atoms with Gasteiger partial charge in [0.1, 0.15) is 0 Å². The Morgan fingerprint density at radius 3 is 2.13 bits per heavy atom. The number of benzene rings is 4. The Hall–Kier alpha value is -5.03. The molecule has 184 valence electrons. The summed E-state index contributed by atoms with van der Waals surface area (Å²) in [6, 6.07) is 34.7. The highest BCUT2D eigenvalue weighted by Gasteiger charge is 2.24. The first-order valence-corrected chi connectivity index (χ1v) is 12.5. The van der Waals surface area contributed by atoms with E-state index in [-0.39, 0.29) is 11.8 Å². The highest BCUT2D eigenvalue weighted by molar-refractivity contribution is 6.09. The zero-order valence-corrected chi connectivity index (χ0v) is 20.7. The Morgan fingerprint density at radius 2 is 1.34 bits per heavy atom. The maximum absolute atomic E-state index is 13.7. The van der Waals surface area contributed by atoms with Crippen molar-refractivity contribution in [2.75, 3.05) is 10.2 Å². The van der Waals surface area contributed by atoms with E-state index in [1.54, 1.807) is 42.7 Å². The smallest absolute Gasteiger partial charge is 0.258 e. The van der Waals surface area contributed by atoms with Gasteiger partial charge in [-0.3, -0.25) is 14.6 Å². The van der Waals surface area contributed by atoms with Crippen LogP contribution in [0.5, 0.6) is 0 Å². The van der Waals surface area contributed by atoms with Crippen LogP contribution in [0.1, 0.15) is 37.4 Å². The molecule has 0 saturated heterocycles. The van der Waals surface area contributed by atoms with Gasteiger partial charge in [-0.05, 0) is 82.8 Å². The van der Waals surface area contributed by atoms with E-state index in [0.29, 0.717) is 23.4 Å². The molecule has 0 unspecified atom stereocenters. The molecule has 0 bridgehead atoms. The maximum atomic E-state index is 13.7. The number of amides is 2. The normalized spacial score (nSPS) is 12.2. The summed E-state index contributed by atoms with van der Waals surface area (Å²) >= 11 is 0. The van der Waals surface area contributed by atoms with Gasteiger partial charge >= 0.3 is 0 Å². The largest absolute Gasteiger partial charge is 0.322 e. The number of anilines is 2. The van der Waals surface area contributed by atoms with Crippen molar-refractivity contribution in [1.29, 1.82) is 0 Å². The van der Waals surface area contributed by atoms with Crippen molar-refractivity contribution < 1.29 is 9.59 Å². The van der Waals surface area contributed by atoms with Gasteiger partial charge in [-0.25, -0.2) is 0 Å². The zero-order valence-electron chi connectivity index (χ0n) is 20.7. The lowest BCUT2D eigenvalue weighted by Crippen LogP contribution is -2.30. The van der Waals surface area contributed by atoms with Gasteiger partial charge < -0.3 is 10.2 Å². The number of para-hydroxylation sites is 1. The van der Waals surface area contributed by atoms with Crippen LogP contribution in [0.15, 0.2) is 122 Å². The third-order valence-electron chi connectivity index (χ3n) is 6.91. The fraction of sp³-hybridized carbons (Fsp3) is 0.0606. The van der Waals surface area contributed by atoms with Crippen molar-refractivity contribution in [3.63, 3.8) is 0 Å². The van der Waals surface area contributed by atoms with Gasteiger partial charge in [0.15, 0.2) is 0 Å². The van der Waals surface area contributed by atoms with Crippen molar-refractivity contribution in [2.24, 2.45) is 0 Å². The van der Waals surface area contributed by atoms with E-state index in [0.717, 1.165) is 34.4 Å².